The van der Waals surface area contributed by atoms with Crippen LogP contribution in [0.3, 0.4) is 0 Å². The van der Waals surface area contributed by atoms with Crippen LogP contribution in [0.1, 0.15) is 11.1 Å². The summed E-state index contributed by atoms with van der Waals surface area (Å²) in [5, 5.41) is 9.03. The maximum absolute atomic E-state index is 13.7. The van der Waals surface area contributed by atoms with Crippen molar-refractivity contribution in [3.05, 3.63) is 59.2 Å². The van der Waals surface area contributed by atoms with Gasteiger partial charge in [-0.05, 0) is 29.8 Å². The summed E-state index contributed by atoms with van der Waals surface area (Å²) >= 11 is 0. The van der Waals surface area contributed by atoms with Crippen LogP contribution < -0.4 is 9.64 Å². The van der Waals surface area contributed by atoms with E-state index in [0.29, 0.717) is 17.8 Å². The topological polar surface area (TPSA) is 36.3 Å². The lowest BCUT2D eigenvalue weighted by molar-refractivity contribution is 0.386. The van der Waals surface area contributed by atoms with Crippen molar-refractivity contribution < 1.29 is 13.5 Å². The SMILES string of the molecule is COc1ccc(CN(C)c2cccc(F)c2C#N)cc1F. The van der Waals surface area contributed by atoms with E-state index >= 15 is 0 Å². The van der Waals surface area contributed by atoms with Crippen molar-refractivity contribution in [1.29, 1.82) is 5.26 Å². The van der Waals surface area contributed by atoms with Crippen LogP contribution in [0.5, 0.6) is 5.75 Å². The van der Waals surface area contributed by atoms with Crippen molar-refractivity contribution in [2.75, 3.05) is 19.1 Å². The third-order valence-corrected chi connectivity index (χ3v) is 3.15. The number of nitrogens with zero attached hydrogens (tertiary/aromatic N) is 2. The molecule has 0 saturated carbocycles. The predicted molar refractivity (Wildman–Crippen MR) is 76.2 cm³/mol. The van der Waals surface area contributed by atoms with E-state index in [2.05, 4.69) is 0 Å². The first kappa shape index (κ1) is 14.8. The molecule has 0 spiro atoms. The summed E-state index contributed by atoms with van der Waals surface area (Å²) < 4.78 is 32.1. The Morgan fingerprint density at radius 2 is 1.95 bits per heavy atom. The van der Waals surface area contributed by atoms with Crippen LogP contribution in [0, 0.1) is 23.0 Å². The van der Waals surface area contributed by atoms with Gasteiger partial charge in [-0.1, -0.05) is 12.1 Å². The lowest BCUT2D eigenvalue weighted by atomic mass is 10.1. The number of benzene rings is 2. The highest BCUT2D eigenvalue weighted by atomic mass is 19.1. The van der Waals surface area contributed by atoms with Crippen LogP contribution in [0.2, 0.25) is 0 Å². The molecule has 0 aromatic heterocycles. The summed E-state index contributed by atoms with van der Waals surface area (Å²) in [5.41, 5.74) is 1.15. The van der Waals surface area contributed by atoms with Gasteiger partial charge in [0.05, 0.1) is 12.8 Å². The number of nitriles is 1. The summed E-state index contributed by atoms with van der Waals surface area (Å²) in [6.45, 7) is 0.346. The van der Waals surface area contributed by atoms with Gasteiger partial charge in [0.1, 0.15) is 17.4 Å². The standard InChI is InChI=1S/C16H14F2N2O/c1-20(15-5-3-4-13(17)12(15)9-19)10-11-6-7-16(21-2)14(18)8-11/h3-8H,10H2,1-2H3. The van der Waals surface area contributed by atoms with Crippen molar-refractivity contribution >= 4 is 5.69 Å². The van der Waals surface area contributed by atoms with Crippen LogP contribution in [0.15, 0.2) is 36.4 Å². The van der Waals surface area contributed by atoms with Crippen LogP contribution in [-0.2, 0) is 6.54 Å². The second kappa shape index (κ2) is 6.23. The molecule has 0 heterocycles. The van der Waals surface area contributed by atoms with Crippen LogP contribution in [0.4, 0.5) is 14.5 Å². The zero-order valence-corrected chi connectivity index (χ0v) is 11.7. The number of ether oxygens (including phenoxy) is 1. The van der Waals surface area contributed by atoms with Crippen LogP contribution in [0.25, 0.3) is 0 Å². The fraction of sp³-hybridized carbons (Fsp3) is 0.188. The molecule has 0 aliphatic heterocycles. The van der Waals surface area contributed by atoms with Crippen molar-refractivity contribution in [2.24, 2.45) is 0 Å². The molecule has 2 aromatic rings. The molecule has 0 fully saturated rings. The van der Waals surface area contributed by atoms with Crippen LogP contribution in [-0.4, -0.2) is 14.2 Å². The number of hydrogen-bond acceptors (Lipinski definition) is 3. The molecule has 0 saturated heterocycles. The maximum atomic E-state index is 13.7. The minimum atomic E-state index is -0.567. The van der Waals surface area contributed by atoms with Gasteiger partial charge in [0, 0.05) is 13.6 Å². The molecule has 0 aliphatic rings. The van der Waals surface area contributed by atoms with E-state index in [9.17, 15) is 8.78 Å². The van der Waals surface area contributed by atoms with Gasteiger partial charge in [-0.15, -0.1) is 0 Å². The largest absolute Gasteiger partial charge is 0.494 e. The molecule has 0 aliphatic carbocycles. The fourth-order valence-corrected chi connectivity index (χ4v) is 2.11. The third kappa shape index (κ3) is 3.11. The highest BCUT2D eigenvalue weighted by Crippen LogP contribution is 2.24. The van der Waals surface area contributed by atoms with E-state index in [0.717, 1.165) is 0 Å². The zero-order chi connectivity index (χ0) is 15.4. The van der Waals surface area contributed by atoms with Gasteiger partial charge in [0.25, 0.3) is 0 Å². The fourth-order valence-electron chi connectivity index (χ4n) is 2.11. The van der Waals surface area contributed by atoms with Gasteiger partial charge in [0.15, 0.2) is 11.6 Å². The molecule has 5 heteroatoms. The third-order valence-electron chi connectivity index (χ3n) is 3.15. The number of anilines is 1. The van der Waals surface area contributed by atoms with E-state index in [-0.39, 0.29) is 11.3 Å². The minimum Gasteiger partial charge on any atom is -0.494 e. The first-order valence-electron chi connectivity index (χ1n) is 6.29. The van der Waals surface area contributed by atoms with Gasteiger partial charge in [0.2, 0.25) is 0 Å². The van der Waals surface area contributed by atoms with Crippen LogP contribution >= 0.6 is 0 Å². The summed E-state index contributed by atoms with van der Waals surface area (Å²) in [4.78, 5) is 1.70. The molecule has 0 radical (unpaired) electrons. The quantitative estimate of drug-likeness (QED) is 0.864. The monoisotopic (exact) mass is 288 g/mol. The van der Waals surface area contributed by atoms with Crippen molar-refractivity contribution in [2.45, 2.75) is 6.54 Å². The molecule has 2 aromatic carbocycles. The average molecular weight is 288 g/mol. The highest BCUT2D eigenvalue weighted by molar-refractivity contribution is 5.59. The molecule has 0 unspecified atom stereocenters. The number of hydrogen-bond donors (Lipinski definition) is 0. The summed E-state index contributed by atoms with van der Waals surface area (Å²) in [6, 6.07) is 10.9. The van der Waals surface area contributed by atoms with Crippen molar-refractivity contribution in [3.63, 3.8) is 0 Å². The van der Waals surface area contributed by atoms with E-state index in [1.807, 2.05) is 6.07 Å². The molecule has 21 heavy (non-hydrogen) atoms. The summed E-state index contributed by atoms with van der Waals surface area (Å²) in [7, 11) is 3.12. The average Bonchev–Trinajstić information content (AvgIpc) is 2.47. The molecular formula is C16H14F2N2O. The van der Waals surface area contributed by atoms with E-state index in [1.54, 1.807) is 24.1 Å². The first-order chi connectivity index (χ1) is 10.1. The Bertz CT molecular complexity index is 695. The molecule has 108 valence electrons. The van der Waals surface area contributed by atoms with Gasteiger partial charge in [-0.2, -0.15) is 5.26 Å². The van der Waals surface area contributed by atoms with Gasteiger partial charge < -0.3 is 9.64 Å². The highest BCUT2D eigenvalue weighted by Gasteiger charge is 2.12. The van der Waals surface area contributed by atoms with E-state index in [1.165, 1.54) is 31.4 Å². The van der Waals surface area contributed by atoms with Gasteiger partial charge in [-0.25, -0.2) is 8.78 Å². The Hall–Kier alpha value is -2.61. The molecular weight excluding hydrogens is 274 g/mol. The van der Waals surface area contributed by atoms with E-state index < -0.39 is 11.6 Å². The Kier molecular flexibility index (Phi) is 4.39. The molecule has 3 nitrogen and oxygen atoms in total. The molecule has 2 rings (SSSR count). The normalized spacial score (nSPS) is 10.0. The van der Waals surface area contributed by atoms with Gasteiger partial charge >= 0.3 is 0 Å². The Balaban J connectivity index is 2.26. The second-order valence-corrected chi connectivity index (χ2v) is 4.57. The summed E-state index contributed by atoms with van der Waals surface area (Å²) in [5.74, 6) is -0.851. The smallest absolute Gasteiger partial charge is 0.165 e. The minimum absolute atomic E-state index is 0.0195. The number of halogens is 2. The van der Waals surface area contributed by atoms with Crippen molar-refractivity contribution in [3.8, 4) is 11.8 Å². The zero-order valence-electron chi connectivity index (χ0n) is 11.7. The predicted octanol–water partition coefficient (Wildman–Crippen LogP) is 3.48. The number of methoxy groups -OCH3 is 1. The van der Waals surface area contributed by atoms with Crippen molar-refractivity contribution in [1.82, 2.24) is 0 Å². The Morgan fingerprint density at radius 1 is 1.19 bits per heavy atom. The molecule has 0 amide bonds. The Morgan fingerprint density at radius 3 is 2.57 bits per heavy atom. The van der Waals surface area contributed by atoms with Gasteiger partial charge in [-0.3, -0.25) is 0 Å². The number of rotatable bonds is 4. The Labute approximate surface area is 122 Å². The summed E-state index contributed by atoms with van der Waals surface area (Å²) in [6.07, 6.45) is 0. The lowest BCUT2D eigenvalue weighted by Crippen LogP contribution is -2.18. The maximum Gasteiger partial charge on any atom is 0.165 e. The molecule has 0 bridgehead atoms. The van der Waals surface area contributed by atoms with E-state index in [4.69, 9.17) is 10.00 Å². The molecule has 0 N–H and O–H groups in total. The first-order valence-corrected chi connectivity index (χ1v) is 6.29. The molecule has 0 atom stereocenters. The lowest BCUT2D eigenvalue weighted by Gasteiger charge is -2.21. The second-order valence-electron chi connectivity index (χ2n) is 4.57.